The molecule has 1 heterocycles. The number of halogens is 2. The molecule has 0 saturated heterocycles. The second-order valence-electron chi connectivity index (χ2n) is 4.04. The molecule has 0 spiro atoms. The van der Waals surface area contributed by atoms with Crippen molar-refractivity contribution in [3.63, 3.8) is 0 Å². The highest BCUT2D eigenvalue weighted by Crippen LogP contribution is 2.25. The summed E-state index contributed by atoms with van der Waals surface area (Å²) in [5, 5.41) is 3.74. The number of benzene rings is 1. The van der Waals surface area contributed by atoms with Gasteiger partial charge in [-0.05, 0) is 36.8 Å². The van der Waals surface area contributed by atoms with Crippen LogP contribution in [0.5, 0.6) is 0 Å². The summed E-state index contributed by atoms with van der Waals surface area (Å²) in [4.78, 5) is 14.9. The molecule has 0 unspecified atom stereocenters. The van der Waals surface area contributed by atoms with Gasteiger partial charge in [-0.15, -0.1) is 0 Å². The third kappa shape index (κ3) is 3.28. The summed E-state index contributed by atoms with van der Waals surface area (Å²) in [5.74, 6) is -0.127. The minimum absolute atomic E-state index is 0.127. The Bertz CT molecular complexity index is 578. The Morgan fingerprint density at radius 2 is 2.11 bits per heavy atom. The average Bonchev–Trinajstić information content (AvgIpc) is 2.69. The van der Waals surface area contributed by atoms with Gasteiger partial charge in [0.1, 0.15) is 0 Å². The van der Waals surface area contributed by atoms with Crippen LogP contribution in [0.1, 0.15) is 11.3 Å². The molecule has 0 bridgehead atoms. The smallest absolute Gasteiger partial charge is 0.228 e. The first kappa shape index (κ1) is 13.0. The third-order valence-electron chi connectivity index (χ3n) is 2.45. The Kier molecular flexibility index (Phi) is 3.94. The molecule has 5 heteroatoms. The number of hydrogen-bond donors (Lipinski definition) is 2. The second-order valence-corrected chi connectivity index (χ2v) is 4.88. The van der Waals surface area contributed by atoms with Gasteiger partial charge in [-0.1, -0.05) is 23.2 Å². The summed E-state index contributed by atoms with van der Waals surface area (Å²) in [6.45, 7) is 1.94. The highest BCUT2D eigenvalue weighted by atomic mass is 35.5. The lowest BCUT2D eigenvalue weighted by molar-refractivity contribution is -0.115. The zero-order valence-electron chi connectivity index (χ0n) is 9.76. The van der Waals surface area contributed by atoms with Gasteiger partial charge in [0.15, 0.2) is 0 Å². The van der Waals surface area contributed by atoms with Crippen LogP contribution in [-0.4, -0.2) is 10.9 Å². The zero-order chi connectivity index (χ0) is 13.1. The predicted octanol–water partition coefficient (Wildman–Crippen LogP) is 3.81. The molecule has 1 aromatic heterocycles. The van der Waals surface area contributed by atoms with E-state index >= 15 is 0 Å². The molecule has 2 rings (SSSR count). The Morgan fingerprint density at radius 3 is 2.78 bits per heavy atom. The summed E-state index contributed by atoms with van der Waals surface area (Å²) in [6, 6.07) is 6.89. The molecule has 0 radical (unpaired) electrons. The van der Waals surface area contributed by atoms with E-state index in [4.69, 9.17) is 23.2 Å². The third-order valence-corrected chi connectivity index (χ3v) is 3.02. The van der Waals surface area contributed by atoms with Gasteiger partial charge in [0.05, 0.1) is 17.1 Å². The quantitative estimate of drug-likeness (QED) is 0.883. The summed E-state index contributed by atoms with van der Waals surface area (Å²) in [6.07, 6.45) is 2.11. The molecule has 94 valence electrons. The zero-order valence-corrected chi connectivity index (χ0v) is 11.3. The molecule has 0 fully saturated rings. The van der Waals surface area contributed by atoms with E-state index in [0.29, 0.717) is 22.2 Å². The minimum atomic E-state index is -0.127. The Labute approximate surface area is 115 Å². The van der Waals surface area contributed by atoms with Gasteiger partial charge in [-0.25, -0.2) is 0 Å². The number of carbonyl (C=O) groups excluding carboxylic acids is 1. The Morgan fingerprint density at radius 1 is 1.33 bits per heavy atom. The summed E-state index contributed by atoms with van der Waals surface area (Å²) in [7, 11) is 0. The van der Waals surface area contributed by atoms with Crippen molar-refractivity contribution in [3.05, 3.63) is 51.8 Å². The monoisotopic (exact) mass is 282 g/mol. The average molecular weight is 283 g/mol. The SMILES string of the molecule is Cc1cc(CC(=O)Nc2cc(Cl)ccc2Cl)c[nH]1. The fourth-order valence-corrected chi connectivity index (χ4v) is 1.98. The largest absolute Gasteiger partial charge is 0.365 e. The van der Waals surface area contributed by atoms with Crippen LogP contribution in [0.4, 0.5) is 5.69 Å². The Hall–Kier alpha value is -1.45. The molecule has 0 saturated carbocycles. The van der Waals surface area contributed by atoms with E-state index in [-0.39, 0.29) is 5.91 Å². The van der Waals surface area contributed by atoms with E-state index in [1.54, 1.807) is 18.2 Å². The summed E-state index contributed by atoms with van der Waals surface area (Å²) in [5.41, 5.74) is 2.49. The van der Waals surface area contributed by atoms with Crippen LogP contribution in [-0.2, 0) is 11.2 Å². The maximum absolute atomic E-state index is 11.8. The van der Waals surface area contributed by atoms with Gasteiger partial charge in [-0.3, -0.25) is 4.79 Å². The highest BCUT2D eigenvalue weighted by Gasteiger charge is 2.08. The lowest BCUT2D eigenvalue weighted by atomic mass is 10.2. The second kappa shape index (κ2) is 5.46. The topological polar surface area (TPSA) is 44.9 Å². The van der Waals surface area contributed by atoms with Crippen LogP contribution in [0.2, 0.25) is 10.0 Å². The number of rotatable bonds is 3. The van der Waals surface area contributed by atoms with Crippen LogP contribution in [0.3, 0.4) is 0 Å². The number of aromatic amines is 1. The highest BCUT2D eigenvalue weighted by molar-refractivity contribution is 6.35. The van der Waals surface area contributed by atoms with E-state index in [2.05, 4.69) is 10.3 Å². The normalized spacial score (nSPS) is 10.4. The van der Waals surface area contributed by atoms with Crippen molar-refractivity contribution < 1.29 is 4.79 Å². The number of nitrogens with one attached hydrogen (secondary N) is 2. The molecule has 0 aliphatic heterocycles. The molecule has 0 aliphatic rings. The van der Waals surface area contributed by atoms with Crippen molar-refractivity contribution in [1.29, 1.82) is 0 Å². The van der Waals surface area contributed by atoms with Gasteiger partial charge in [0, 0.05) is 16.9 Å². The first-order valence-electron chi connectivity index (χ1n) is 5.43. The van der Waals surface area contributed by atoms with E-state index in [1.165, 1.54) is 0 Å². The van der Waals surface area contributed by atoms with Crippen LogP contribution in [0, 0.1) is 6.92 Å². The molecular formula is C13H12Cl2N2O. The van der Waals surface area contributed by atoms with Crippen molar-refractivity contribution >= 4 is 34.8 Å². The molecule has 1 amide bonds. The number of amides is 1. The molecule has 1 aromatic carbocycles. The summed E-state index contributed by atoms with van der Waals surface area (Å²) < 4.78 is 0. The molecular weight excluding hydrogens is 271 g/mol. The van der Waals surface area contributed by atoms with Gasteiger partial charge in [-0.2, -0.15) is 0 Å². The number of carbonyl (C=O) groups is 1. The van der Waals surface area contributed by atoms with Crippen molar-refractivity contribution in [2.45, 2.75) is 13.3 Å². The van der Waals surface area contributed by atoms with Crippen LogP contribution in [0.15, 0.2) is 30.5 Å². The fourth-order valence-electron chi connectivity index (χ4n) is 1.64. The van der Waals surface area contributed by atoms with Gasteiger partial charge in [0.25, 0.3) is 0 Å². The Balaban J connectivity index is 2.05. The lowest BCUT2D eigenvalue weighted by Gasteiger charge is -2.06. The van der Waals surface area contributed by atoms with Crippen LogP contribution in [0.25, 0.3) is 0 Å². The standard InChI is InChI=1S/C13H12Cl2N2O/c1-8-4-9(7-16-8)5-13(18)17-12-6-10(14)2-3-11(12)15/h2-4,6-7,16H,5H2,1H3,(H,17,18). The number of H-pyrrole nitrogens is 1. The van der Waals surface area contributed by atoms with Crippen LogP contribution >= 0.6 is 23.2 Å². The number of aryl methyl sites for hydroxylation is 1. The lowest BCUT2D eigenvalue weighted by Crippen LogP contribution is -2.14. The maximum Gasteiger partial charge on any atom is 0.228 e. The van der Waals surface area contributed by atoms with Crippen molar-refractivity contribution in [3.8, 4) is 0 Å². The number of anilines is 1. The van der Waals surface area contributed by atoms with E-state index in [1.807, 2.05) is 19.2 Å². The molecule has 0 atom stereocenters. The fraction of sp³-hybridized carbons (Fsp3) is 0.154. The van der Waals surface area contributed by atoms with Gasteiger partial charge < -0.3 is 10.3 Å². The maximum atomic E-state index is 11.8. The summed E-state index contributed by atoms with van der Waals surface area (Å²) >= 11 is 11.8. The number of aromatic nitrogens is 1. The molecule has 2 aromatic rings. The van der Waals surface area contributed by atoms with Crippen molar-refractivity contribution in [2.24, 2.45) is 0 Å². The van der Waals surface area contributed by atoms with Crippen molar-refractivity contribution in [1.82, 2.24) is 4.98 Å². The van der Waals surface area contributed by atoms with Gasteiger partial charge >= 0.3 is 0 Å². The van der Waals surface area contributed by atoms with E-state index in [0.717, 1.165) is 11.3 Å². The molecule has 0 aliphatic carbocycles. The first-order valence-corrected chi connectivity index (χ1v) is 6.19. The number of hydrogen-bond acceptors (Lipinski definition) is 1. The van der Waals surface area contributed by atoms with Crippen LogP contribution < -0.4 is 5.32 Å². The molecule has 2 N–H and O–H groups in total. The molecule has 18 heavy (non-hydrogen) atoms. The first-order chi connectivity index (χ1) is 8.54. The predicted molar refractivity (Wildman–Crippen MR) is 74.3 cm³/mol. The minimum Gasteiger partial charge on any atom is -0.365 e. The van der Waals surface area contributed by atoms with E-state index < -0.39 is 0 Å². The molecule has 3 nitrogen and oxygen atoms in total. The van der Waals surface area contributed by atoms with Gasteiger partial charge in [0.2, 0.25) is 5.91 Å². The van der Waals surface area contributed by atoms with E-state index in [9.17, 15) is 4.79 Å². The van der Waals surface area contributed by atoms with Crippen molar-refractivity contribution in [2.75, 3.05) is 5.32 Å².